The number of hydrogen-bond donors (Lipinski definition) is 1. The minimum Gasteiger partial charge on any atom is -0.388 e. The predicted octanol–water partition coefficient (Wildman–Crippen LogP) is 2.98. The fourth-order valence-corrected chi connectivity index (χ4v) is 2.48. The molecule has 1 aromatic heterocycles. The molecule has 1 N–H and O–H groups in total. The van der Waals surface area contributed by atoms with Gasteiger partial charge in [0.05, 0.1) is 16.8 Å². The van der Waals surface area contributed by atoms with Crippen LogP contribution in [0.5, 0.6) is 0 Å². The molecule has 2 nitrogen and oxygen atoms in total. The second kappa shape index (κ2) is 5.23. The van der Waals surface area contributed by atoms with E-state index in [9.17, 15) is 5.11 Å². The molecule has 1 aromatic carbocycles. The number of thiazole rings is 1. The number of benzene rings is 1. The topological polar surface area (TPSA) is 33.1 Å². The molecule has 1 heterocycles. The van der Waals surface area contributed by atoms with Crippen molar-refractivity contribution in [2.24, 2.45) is 0 Å². The Morgan fingerprint density at radius 3 is 2.69 bits per heavy atom. The van der Waals surface area contributed by atoms with Crippen molar-refractivity contribution >= 4 is 11.3 Å². The zero-order valence-electron chi connectivity index (χ0n) is 9.26. The smallest absolute Gasteiger partial charge is 0.0957 e. The normalized spacial score (nSPS) is 12.6. The molecular formula is C13H15NOS. The lowest BCUT2D eigenvalue weighted by Crippen LogP contribution is -2.01. The summed E-state index contributed by atoms with van der Waals surface area (Å²) in [5.74, 6) is 0. The molecule has 0 aliphatic rings. The Morgan fingerprint density at radius 2 is 2.06 bits per heavy atom. The Balaban J connectivity index is 2.05. The van der Waals surface area contributed by atoms with Gasteiger partial charge in [0.15, 0.2) is 0 Å². The number of aliphatic hydroxyl groups excluding tert-OH is 1. The predicted molar refractivity (Wildman–Crippen MR) is 66.6 cm³/mol. The van der Waals surface area contributed by atoms with Crippen molar-refractivity contribution in [3.63, 3.8) is 0 Å². The van der Waals surface area contributed by atoms with E-state index >= 15 is 0 Å². The third kappa shape index (κ3) is 2.68. The Kier molecular flexibility index (Phi) is 3.70. The van der Waals surface area contributed by atoms with Crippen LogP contribution in [0, 0.1) is 0 Å². The summed E-state index contributed by atoms with van der Waals surface area (Å²) >= 11 is 1.63. The van der Waals surface area contributed by atoms with Gasteiger partial charge in [-0.25, -0.2) is 4.98 Å². The van der Waals surface area contributed by atoms with E-state index in [-0.39, 0.29) is 0 Å². The van der Waals surface area contributed by atoms with E-state index in [0.717, 1.165) is 22.7 Å². The molecular weight excluding hydrogens is 218 g/mol. The number of hydrogen-bond acceptors (Lipinski definition) is 3. The average molecular weight is 233 g/mol. The molecule has 0 aliphatic heterocycles. The van der Waals surface area contributed by atoms with Crippen molar-refractivity contribution in [1.29, 1.82) is 0 Å². The van der Waals surface area contributed by atoms with E-state index in [1.165, 1.54) is 0 Å². The molecule has 0 saturated heterocycles. The van der Waals surface area contributed by atoms with Crippen LogP contribution in [-0.2, 0) is 12.8 Å². The summed E-state index contributed by atoms with van der Waals surface area (Å²) in [6.45, 7) is 2.09. The highest BCUT2D eigenvalue weighted by Gasteiger charge is 2.10. The zero-order chi connectivity index (χ0) is 11.4. The Labute approximate surface area is 99.6 Å². The van der Waals surface area contributed by atoms with E-state index in [1.807, 2.05) is 30.3 Å². The third-order valence-electron chi connectivity index (χ3n) is 2.51. The first-order valence-electron chi connectivity index (χ1n) is 5.46. The van der Waals surface area contributed by atoms with Gasteiger partial charge < -0.3 is 5.11 Å². The molecule has 16 heavy (non-hydrogen) atoms. The summed E-state index contributed by atoms with van der Waals surface area (Å²) in [7, 11) is 0. The van der Waals surface area contributed by atoms with E-state index in [2.05, 4.69) is 17.3 Å². The molecule has 1 unspecified atom stereocenters. The van der Waals surface area contributed by atoms with Gasteiger partial charge in [0.2, 0.25) is 0 Å². The lowest BCUT2D eigenvalue weighted by atomic mass is 10.1. The first kappa shape index (κ1) is 11.3. The second-order valence-corrected chi connectivity index (χ2v) is 4.66. The molecule has 3 heteroatoms. The van der Waals surface area contributed by atoms with Crippen molar-refractivity contribution in [3.8, 4) is 0 Å². The highest BCUT2D eigenvalue weighted by atomic mass is 32.1. The maximum Gasteiger partial charge on any atom is 0.0957 e. The number of aromatic nitrogens is 1. The number of aryl methyl sites for hydroxylation is 1. The van der Waals surface area contributed by atoms with E-state index in [4.69, 9.17) is 0 Å². The van der Waals surface area contributed by atoms with Crippen LogP contribution in [-0.4, -0.2) is 10.1 Å². The first-order valence-corrected chi connectivity index (χ1v) is 6.34. The van der Waals surface area contributed by atoms with Crippen molar-refractivity contribution in [2.75, 3.05) is 0 Å². The van der Waals surface area contributed by atoms with Gasteiger partial charge in [0, 0.05) is 11.8 Å². The van der Waals surface area contributed by atoms with Crippen LogP contribution < -0.4 is 0 Å². The molecule has 0 amide bonds. The summed E-state index contributed by atoms with van der Waals surface area (Å²) in [5, 5.41) is 13.1. The van der Waals surface area contributed by atoms with E-state index in [0.29, 0.717) is 6.42 Å². The number of aliphatic hydroxyl groups is 1. The lowest BCUT2D eigenvalue weighted by molar-refractivity contribution is 0.178. The van der Waals surface area contributed by atoms with Crippen molar-refractivity contribution in [3.05, 3.63) is 52.0 Å². The fourth-order valence-electron chi connectivity index (χ4n) is 1.56. The van der Waals surface area contributed by atoms with Crippen molar-refractivity contribution < 1.29 is 5.11 Å². The summed E-state index contributed by atoms with van der Waals surface area (Å²) < 4.78 is 0. The van der Waals surface area contributed by atoms with Crippen LogP contribution >= 0.6 is 11.3 Å². The SMILES string of the molecule is CCc1csc(CC(O)c2ccccc2)n1. The lowest BCUT2D eigenvalue weighted by Gasteiger charge is -2.08. The monoisotopic (exact) mass is 233 g/mol. The third-order valence-corrected chi connectivity index (χ3v) is 3.43. The zero-order valence-corrected chi connectivity index (χ0v) is 10.1. The van der Waals surface area contributed by atoms with Crippen LogP contribution in [0.25, 0.3) is 0 Å². The van der Waals surface area contributed by atoms with Gasteiger partial charge in [-0.15, -0.1) is 11.3 Å². The van der Waals surface area contributed by atoms with Gasteiger partial charge in [-0.3, -0.25) is 0 Å². The summed E-state index contributed by atoms with van der Waals surface area (Å²) in [4.78, 5) is 4.45. The van der Waals surface area contributed by atoms with Crippen LogP contribution in [0.2, 0.25) is 0 Å². The van der Waals surface area contributed by atoms with Crippen molar-refractivity contribution in [2.45, 2.75) is 25.9 Å². The minimum absolute atomic E-state index is 0.447. The number of nitrogens with zero attached hydrogens (tertiary/aromatic N) is 1. The van der Waals surface area contributed by atoms with Crippen LogP contribution in [0.4, 0.5) is 0 Å². The highest BCUT2D eigenvalue weighted by molar-refractivity contribution is 7.09. The Bertz CT molecular complexity index is 438. The van der Waals surface area contributed by atoms with Gasteiger partial charge in [-0.05, 0) is 12.0 Å². The molecule has 0 aliphatic carbocycles. The molecule has 1 atom stereocenters. The first-order chi connectivity index (χ1) is 7.79. The number of rotatable bonds is 4. The van der Waals surface area contributed by atoms with Gasteiger partial charge in [-0.2, -0.15) is 0 Å². The standard InChI is InChI=1S/C13H15NOS/c1-2-11-9-16-13(14-11)8-12(15)10-6-4-3-5-7-10/h3-7,9,12,15H,2,8H2,1H3. The Morgan fingerprint density at radius 1 is 1.31 bits per heavy atom. The molecule has 0 bridgehead atoms. The second-order valence-electron chi connectivity index (χ2n) is 3.72. The molecule has 84 valence electrons. The van der Waals surface area contributed by atoms with Gasteiger partial charge in [0.1, 0.15) is 0 Å². The summed E-state index contributed by atoms with van der Waals surface area (Å²) in [6.07, 6.45) is 1.11. The Hall–Kier alpha value is -1.19. The van der Waals surface area contributed by atoms with E-state index in [1.54, 1.807) is 11.3 Å². The fraction of sp³-hybridized carbons (Fsp3) is 0.308. The molecule has 0 spiro atoms. The highest BCUT2D eigenvalue weighted by Crippen LogP contribution is 2.20. The van der Waals surface area contributed by atoms with Gasteiger partial charge in [-0.1, -0.05) is 37.3 Å². The van der Waals surface area contributed by atoms with Gasteiger partial charge >= 0.3 is 0 Å². The molecule has 2 aromatic rings. The summed E-state index contributed by atoms with van der Waals surface area (Å²) in [5.41, 5.74) is 2.07. The maximum atomic E-state index is 10.0. The van der Waals surface area contributed by atoms with E-state index < -0.39 is 6.10 Å². The molecule has 0 saturated carbocycles. The van der Waals surface area contributed by atoms with Crippen molar-refractivity contribution in [1.82, 2.24) is 4.98 Å². The van der Waals surface area contributed by atoms with Crippen LogP contribution in [0.15, 0.2) is 35.7 Å². The largest absolute Gasteiger partial charge is 0.388 e. The maximum absolute atomic E-state index is 10.0. The minimum atomic E-state index is -0.447. The van der Waals surface area contributed by atoms with Crippen LogP contribution in [0.1, 0.15) is 29.3 Å². The molecule has 0 radical (unpaired) electrons. The molecule has 2 rings (SSSR count). The summed E-state index contributed by atoms with van der Waals surface area (Å²) in [6, 6.07) is 9.72. The molecule has 0 fully saturated rings. The quantitative estimate of drug-likeness (QED) is 0.880. The average Bonchev–Trinajstić information content (AvgIpc) is 2.78. The van der Waals surface area contributed by atoms with Gasteiger partial charge in [0.25, 0.3) is 0 Å². The van der Waals surface area contributed by atoms with Crippen LogP contribution in [0.3, 0.4) is 0 Å².